The van der Waals surface area contributed by atoms with Crippen LogP contribution in [0.2, 0.25) is 0 Å². The molecule has 1 heterocycles. The maximum Gasteiger partial charge on any atom is 0.242 e. The number of nitrogens with zero attached hydrogens (tertiary/aromatic N) is 1. The lowest BCUT2D eigenvalue weighted by Crippen LogP contribution is -2.47. The van der Waals surface area contributed by atoms with Crippen LogP contribution >= 0.6 is 0 Å². The lowest BCUT2D eigenvalue weighted by Gasteiger charge is -2.29. The number of ether oxygens (including phenoxy) is 2. The minimum Gasteiger partial charge on any atom is -0.486 e. The van der Waals surface area contributed by atoms with Crippen molar-refractivity contribution in [2.75, 3.05) is 19.8 Å². The quantitative estimate of drug-likeness (QED) is 0.721. The fraction of sp³-hybridized carbons (Fsp3) is 0.391. The molecule has 0 saturated carbocycles. The fourth-order valence-corrected chi connectivity index (χ4v) is 3.35. The number of likely N-dealkylation sites (N-methyl/N-ethyl adjacent to an activating group) is 1. The molecule has 30 heavy (non-hydrogen) atoms. The van der Waals surface area contributed by atoms with Crippen molar-refractivity contribution in [3.05, 3.63) is 59.4 Å². The normalized spacial score (nSPS) is 13.4. The lowest BCUT2D eigenvalue weighted by molar-refractivity contribution is -0.140. The number of fused-ring (bicyclic) bond motifs is 1. The van der Waals surface area contributed by atoms with Crippen LogP contribution in [0.3, 0.4) is 0 Å². The first-order valence-electron chi connectivity index (χ1n) is 10.2. The SMILES string of the molecule is CCNC(=O)C(C)N(Cc1ccccc1F)C(=O)CCc1ccc2c(c1)OCCO2. The van der Waals surface area contributed by atoms with E-state index in [1.807, 2.05) is 25.1 Å². The van der Waals surface area contributed by atoms with E-state index in [1.165, 1.54) is 11.0 Å². The van der Waals surface area contributed by atoms with E-state index in [-0.39, 0.29) is 24.8 Å². The second kappa shape index (κ2) is 10.1. The second-order valence-corrected chi connectivity index (χ2v) is 7.16. The summed E-state index contributed by atoms with van der Waals surface area (Å²) in [5, 5.41) is 2.73. The zero-order valence-electron chi connectivity index (χ0n) is 17.3. The molecule has 3 rings (SSSR count). The first-order valence-corrected chi connectivity index (χ1v) is 10.2. The van der Waals surface area contributed by atoms with Crippen molar-refractivity contribution in [1.82, 2.24) is 10.2 Å². The molecule has 0 radical (unpaired) electrons. The molecule has 6 nitrogen and oxygen atoms in total. The number of rotatable bonds is 8. The van der Waals surface area contributed by atoms with Crippen molar-refractivity contribution in [3.8, 4) is 11.5 Å². The van der Waals surface area contributed by atoms with Gasteiger partial charge in [0.2, 0.25) is 11.8 Å². The molecule has 0 saturated heterocycles. The first-order chi connectivity index (χ1) is 14.5. The summed E-state index contributed by atoms with van der Waals surface area (Å²) in [5.74, 6) is 0.492. The maximum absolute atomic E-state index is 14.2. The summed E-state index contributed by atoms with van der Waals surface area (Å²) < 4.78 is 25.3. The van der Waals surface area contributed by atoms with Crippen LogP contribution in [0.4, 0.5) is 4.39 Å². The average molecular weight is 414 g/mol. The van der Waals surface area contributed by atoms with Gasteiger partial charge in [-0.05, 0) is 44.0 Å². The van der Waals surface area contributed by atoms with Gasteiger partial charge in [-0.2, -0.15) is 0 Å². The van der Waals surface area contributed by atoms with E-state index in [0.29, 0.717) is 43.2 Å². The van der Waals surface area contributed by atoms with Gasteiger partial charge < -0.3 is 19.7 Å². The Balaban J connectivity index is 1.72. The van der Waals surface area contributed by atoms with Crippen LogP contribution in [0.25, 0.3) is 0 Å². The van der Waals surface area contributed by atoms with Crippen molar-refractivity contribution in [1.29, 1.82) is 0 Å². The lowest BCUT2D eigenvalue weighted by atomic mass is 10.1. The molecular weight excluding hydrogens is 387 g/mol. The maximum atomic E-state index is 14.2. The molecule has 0 aromatic heterocycles. The highest BCUT2D eigenvalue weighted by atomic mass is 19.1. The van der Waals surface area contributed by atoms with E-state index in [2.05, 4.69) is 5.32 Å². The number of hydrogen-bond donors (Lipinski definition) is 1. The van der Waals surface area contributed by atoms with Crippen LogP contribution in [0, 0.1) is 5.82 Å². The molecule has 2 aromatic rings. The van der Waals surface area contributed by atoms with Gasteiger partial charge in [-0.3, -0.25) is 9.59 Å². The van der Waals surface area contributed by atoms with Crippen LogP contribution in [-0.4, -0.2) is 42.5 Å². The smallest absolute Gasteiger partial charge is 0.242 e. The summed E-state index contributed by atoms with van der Waals surface area (Å²) in [7, 11) is 0. The highest BCUT2D eigenvalue weighted by Gasteiger charge is 2.26. The molecule has 0 bridgehead atoms. The van der Waals surface area contributed by atoms with Gasteiger partial charge in [-0.25, -0.2) is 4.39 Å². The standard InChI is InChI=1S/C23H27FN2O4/c1-3-25-23(28)16(2)26(15-18-6-4-5-7-19(18)24)22(27)11-9-17-8-10-20-21(14-17)30-13-12-29-20/h4-8,10,14,16H,3,9,11-13,15H2,1-2H3,(H,25,28). The Kier molecular flexibility index (Phi) is 7.27. The Morgan fingerprint density at radius 1 is 1.13 bits per heavy atom. The fourth-order valence-electron chi connectivity index (χ4n) is 3.35. The average Bonchev–Trinajstić information content (AvgIpc) is 2.76. The van der Waals surface area contributed by atoms with Crippen LogP contribution in [-0.2, 0) is 22.6 Å². The topological polar surface area (TPSA) is 67.9 Å². The number of carbonyl (C=O) groups excluding carboxylic acids is 2. The van der Waals surface area contributed by atoms with E-state index >= 15 is 0 Å². The van der Waals surface area contributed by atoms with Gasteiger partial charge >= 0.3 is 0 Å². The molecule has 7 heteroatoms. The Morgan fingerprint density at radius 3 is 2.60 bits per heavy atom. The summed E-state index contributed by atoms with van der Waals surface area (Å²) in [6.07, 6.45) is 0.670. The van der Waals surface area contributed by atoms with E-state index in [9.17, 15) is 14.0 Å². The van der Waals surface area contributed by atoms with Gasteiger partial charge in [0.25, 0.3) is 0 Å². The summed E-state index contributed by atoms with van der Waals surface area (Å²) >= 11 is 0. The van der Waals surface area contributed by atoms with Crippen LogP contribution in [0.5, 0.6) is 11.5 Å². The molecule has 1 aliphatic rings. The molecule has 2 aromatic carbocycles. The Hall–Kier alpha value is -3.09. The summed E-state index contributed by atoms with van der Waals surface area (Å²) in [6.45, 7) is 4.99. The third kappa shape index (κ3) is 5.28. The van der Waals surface area contributed by atoms with Crippen LogP contribution in [0.15, 0.2) is 42.5 Å². The summed E-state index contributed by atoms with van der Waals surface area (Å²) in [4.78, 5) is 26.8. The highest BCUT2D eigenvalue weighted by molar-refractivity contribution is 5.87. The predicted molar refractivity (Wildman–Crippen MR) is 111 cm³/mol. The largest absolute Gasteiger partial charge is 0.486 e. The Labute approximate surface area is 176 Å². The number of nitrogens with one attached hydrogen (secondary N) is 1. The molecule has 0 fully saturated rings. The number of aryl methyl sites for hydroxylation is 1. The van der Waals surface area contributed by atoms with Gasteiger partial charge in [-0.15, -0.1) is 0 Å². The first kappa shape index (κ1) is 21.6. The van der Waals surface area contributed by atoms with Crippen molar-refractivity contribution in [2.45, 2.75) is 39.3 Å². The molecule has 1 aliphatic heterocycles. The number of amides is 2. The van der Waals surface area contributed by atoms with E-state index in [4.69, 9.17) is 9.47 Å². The van der Waals surface area contributed by atoms with Crippen molar-refractivity contribution in [2.24, 2.45) is 0 Å². The second-order valence-electron chi connectivity index (χ2n) is 7.16. The van der Waals surface area contributed by atoms with Gasteiger partial charge in [0.05, 0.1) is 0 Å². The minimum absolute atomic E-state index is 0.0327. The third-order valence-corrected chi connectivity index (χ3v) is 5.05. The molecule has 0 spiro atoms. The predicted octanol–water partition coefficient (Wildman–Crippen LogP) is 3.08. The van der Waals surface area contributed by atoms with E-state index in [0.717, 1.165) is 5.56 Å². The van der Waals surface area contributed by atoms with Crippen molar-refractivity contribution >= 4 is 11.8 Å². The number of hydrogen-bond acceptors (Lipinski definition) is 4. The molecule has 160 valence electrons. The Bertz CT molecular complexity index is 903. The number of benzene rings is 2. The van der Waals surface area contributed by atoms with Gasteiger partial charge in [0, 0.05) is 25.1 Å². The van der Waals surface area contributed by atoms with Crippen LogP contribution in [0.1, 0.15) is 31.4 Å². The molecule has 1 atom stereocenters. The van der Waals surface area contributed by atoms with Gasteiger partial charge in [-0.1, -0.05) is 24.3 Å². The highest BCUT2D eigenvalue weighted by Crippen LogP contribution is 2.31. The van der Waals surface area contributed by atoms with Crippen LogP contribution < -0.4 is 14.8 Å². The monoisotopic (exact) mass is 414 g/mol. The third-order valence-electron chi connectivity index (χ3n) is 5.05. The van der Waals surface area contributed by atoms with Gasteiger partial charge in [0.1, 0.15) is 25.1 Å². The molecule has 0 aliphatic carbocycles. The minimum atomic E-state index is -0.711. The van der Waals surface area contributed by atoms with Gasteiger partial charge in [0.15, 0.2) is 11.5 Å². The number of carbonyl (C=O) groups is 2. The van der Waals surface area contributed by atoms with Crippen molar-refractivity contribution in [3.63, 3.8) is 0 Å². The molecule has 1 N–H and O–H groups in total. The zero-order chi connectivity index (χ0) is 21.5. The summed E-state index contributed by atoms with van der Waals surface area (Å²) in [5.41, 5.74) is 1.31. The number of halogens is 1. The van der Waals surface area contributed by atoms with E-state index in [1.54, 1.807) is 25.1 Å². The zero-order valence-corrected chi connectivity index (χ0v) is 17.3. The van der Waals surface area contributed by atoms with Crippen molar-refractivity contribution < 1.29 is 23.5 Å². The van der Waals surface area contributed by atoms with E-state index < -0.39 is 11.9 Å². The summed E-state index contributed by atoms with van der Waals surface area (Å²) in [6, 6.07) is 11.2. The Morgan fingerprint density at radius 2 is 1.87 bits per heavy atom. The molecule has 1 unspecified atom stereocenters. The molecular formula is C23H27FN2O4. The molecule has 2 amide bonds.